The lowest BCUT2D eigenvalue weighted by atomic mass is 10.5. The molecule has 0 aromatic carbocycles. The van der Waals surface area contributed by atoms with Gasteiger partial charge in [-0.25, -0.2) is 0 Å². The molecule has 0 aliphatic carbocycles. The average Bonchev–Trinajstić information content (AvgIpc) is 1.64. The van der Waals surface area contributed by atoms with Gasteiger partial charge in [0.05, 0.1) is 0 Å². The Kier molecular flexibility index (Phi) is 3.20. The molecule has 0 rings (SSSR count). The Balaban J connectivity index is 4.05. The van der Waals surface area contributed by atoms with Crippen LogP contribution in [-0.4, -0.2) is 28.9 Å². The van der Waals surface area contributed by atoms with Gasteiger partial charge in [-0.05, 0) is 5.37 Å². The van der Waals surface area contributed by atoms with Crippen molar-refractivity contribution in [1.82, 2.24) is 0 Å². The Hall–Kier alpha value is -0.0400. The van der Waals surface area contributed by atoms with Crippen molar-refractivity contribution in [3.05, 3.63) is 0 Å². The Morgan fingerprint density at radius 3 is 2.22 bits per heavy atom. The zero-order valence-corrected chi connectivity index (χ0v) is 6.02. The lowest BCUT2D eigenvalue weighted by Crippen LogP contribution is -2.19. The summed E-state index contributed by atoms with van der Waals surface area (Å²) in [7, 11) is -4.31. The predicted molar refractivity (Wildman–Crippen MR) is 35.8 cm³/mol. The minimum Gasteiger partial charge on any atom is -0.375 e. The van der Waals surface area contributed by atoms with E-state index in [9.17, 15) is 8.42 Å². The van der Waals surface area contributed by atoms with Crippen molar-refractivity contribution in [2.24, 2.45) is 0 Å². The van der Waals surface area contributed by atoms with E-state index in [2.05, 4.69) is 12.2 Å². The van der Waals surface area contributed by atoms with Crippen LogP contribution in [0.1, 0.15) is 6.42 Å². The van der Waals surface area contributed by atoms with Crippen molar-refractivity contribution in [1.29, 1.82) is 0 Å². The van der Waals surface area contributed by atoms with Gasteiger partial charge in [0.1, 0.15) is 0 Å². The fourth-order valence-electron chi connectivity index (χ4n) is 0.204. The van der Waals surface area contributed by atoms with Gasteiger partial charge in [0.2, 0.25) is 0 Å². The molecular weight excluding hydrogens is 164 g/mol. The van der Waals surface area contributed by atoms with Crippen LogP contribution in [-0.2, 0) is 10.1 Å². The molecule has 0 saturated carbocycles. The minimum absolute atomic E-state index is 0.228. The van der Waals surface area contributed by atoms with Gasteiger partial charge in [0.25, 0.3) is 10.1 Å². The molecule has 0 aliphatic heterocycles. The van der Waals surface area contributed by atoms with Crippen molar-refractivity contribution in [2.75, 3.05) is 0 Å². The van der Waals surface area contributed by atoms with Crippen molar-refractivity contribution < 1.29 is 18.1 Å². The molecule has 0 aromatic heterocycles. The van der Waals surface area contributed by atoms with E-state index in [1.165, 1.54) is 0 Å². The highest BCUT2D eigenvalue weighted by atomic mass is 32.2. The highest BCUT2D eigenvalue weighted by molar-refractivity contribution is 7.86. The highest BCUT2D eigenvalue weighted by Crippen LogP contribution is 1.96. The molecule has 0 aliphatic rings. The summed E-state index contributed by atoms with van der Waals surface area (Å²) in [5.41, 5.74) is -1.77. The van der Waals surface area contributed by atoms with Gasteiger partial charge in [0, 0.05) is 6.42 Å². The number of aliphatic hydroxyl groups is 1. The molecular formula is C3H6O4S2. The molecule has 4 nitrogen and oxygen atoms in total. The van der Waals surface area contributed by atoms with Gasteiger partial charge < -0.3 is 5.11 Å². The number of aliphatic hydroxyl groups excluding tert-OH is 1. The summed E-state index contributed by atoms with van der Waals surface area (Å²) in [6.07, 6.45) is -0.228. The Bertz CT molecular complexity index is 182. The highest BCUT2D eigenvalue weighted by Gasteiger charge is 2.16. The molecule has 0 heterocycles. The van der Waals surface area contributed by atoms with Gasteiger partial charge in [-0.15, -0.1) is 0 Å². The van der Waals surface area contributed by atoms with Crippen LogP contribution < -0.4 is 0 Å². The quantitative estimate of drug-likeness (QED) is 0.444. The predicted octanol–water partition coefficient (Wildman–Crippen LogP) is -0.418. The first kappa shape index (κ1) is 8.96. The van der Waals surface area contributed by atoms with E-state index in [1.807, 2.05) is 0 Å². The van der Waals surface area contributed by atoms with Crippen LogP contribution in [0.15, 0.2) is 0 Å². The molecule has 0 aromatic rings. The SMILES string of the molecule is O=S(=O)(O)C(O)CC=S. The summed E-state index contributed by atoms with van der Waals surface area (Å²) >= 11 is 4.24. The normalized spacial score (nSPS) is 14.9. The van der Waals surface area contributed by atoms with E-state index >= 15 is 0 Å². The van der Waals surface area contributed by atoms with Crippen molar-refractivity contribution in [3.8, 4) is 0 Å². The second-order valence-electron chi connectivity index (χ2n) is 1.37. The van der Waals surface area contributed by atoms with Crippen molar-refractivity contribution >= 4 is 27.7 Å². The zero-order valence-electron chi connectivity index (χ0n) is 4.39. The van der Waals surface area contributed by atoms with Gasteiger partial charge in [-0.1, -0.05) is 12.2 Å². The fourth-order valence-corrected chi connectivity index (χ4v) is 0.847. The molecule has 0 saturated heterocycles. The first-order valence-corrected chi connectivity index (χ1v) is 4.04. The number of rotatable bonds is 3. The first-order valence-electron chi connectivity index (χ1n) is 2.06. The fraction of sp³-hybridized carbons (Fsp3) is 0.667. The number of hydrogen-bond acceptors (Lipinski definition) is 4. The second kappa shape index (κ2) is 3.21. The monoisotopic (exact) mass is 170 g/mol. The van der Waals surface area contributed by atoms with Gasteiger partial charge in [0.15, 0.2) is 5.44 Å². The van der Waals surface area contributed by atoms with Gasteiger partial charge in [-0.2, -0.15) is 8.42 Å². The van der Waals surface area contributed by atoms with Crippen LogP contribution in [0.5, 0.6) is 0 Å². The third-order valence-corrected chi connectivity index (χ3v) is 1.71. The van der Waals surface area contributed by atoms with E-state index in [0.29, 0.717) is 0 Å². The molecule has 54 valence electrons. The maximum atomic E-state index is 9.96. The van der Waals surface area contributed by atoms with E-state index < -0.39 is 15.6 Å². The van der Waals surface area contributed by atoms with E-state index in [4.69, 9.17) is 9.66 Å². The zero-order chi connectivity index (χ0) is 7.49. The summed E-state index contributed by atoms with van der Waals surface area (Å²) in [6, 6.07) is 0. The van der Waals surface area contributed by atoms with Crippen LogP contribution in [0.3, 0.4) is 0 Å². The third-order valence-electron chi connectivity index (χ3n) is 0.642. The summed E-state index contributed by atoms with van der Waals surface area (Å²) in [4.78, 5) is 0. The molecule has 0 bridgehead atoms. The Morgan fingerprint density at radius 2 is 2.11 bits per heavy atom. The summed E-state index contributed by atoms with van der Waals surface area (Å²) in [5, 5.41) is 9.49. The average molecular weight is 170 g/mol. The largest absolute Gasteiger partial charge is 0.375 e. The summed E-state index contributed by atoms with van der Waals surface area (Å²) in [5.74, 6) is 0. The van der Waals surface area contributed by atoms with Crippen LogP contribution >= 0.6 is 12.2 Å². The molecule has 0 amide bonds. The lowest BCUT2D eigenvalue weighted by molar-refractivity contribution is 0.242. The first-order chi connectivity index (χ1) is 3.98. The summed E-state index contributed by atoms with van der Waals surface area (Å²) in [6.45, 7) is 0. The molecule has 2 N–H and O–H groups in total. The molecule has 1 unspecified atom stereocenters. The maximum Gasteiger partial charge on any atom is 0.292 e. The number of thiocarbonyl (C=S) groups is 1. The van der Waals surface area contributed by atoms with Crippen LogP contribution in [0, 0.1) is 0 Å². The number of hydrogen-bond donors (Lipinski definition) is 2. The van der Waals surface area contributed by atoms with Crippen LogP contribution in [0.4, 0.5) is 0 Å². The minimum atomic E-state index is -4.31. The van der Waals surface area contributed by atoms with Crippen molar-refractivity contribution in [3.63, 3.8) is 0 Å². The maximum absolute atomic E-state index is 9.96. The summed E-state index contributed by atoms with van der Waals surface area (Å²) < 4.78 is 28.0. The smallest absolute Gasteiger partial charge is 0.292 e. The molecule has 9 heavy (non-hydrogen) atoms. The van der Waals surface area contributed by atoms with Crippen molar-refractivity contribution in [2.45, 2.75) is 11.9 Å². The molecule has 6 heteroatoms. The Labute approximate surface area is 58.3 Å². The molecule has 0 radical (unpaired) electrons. The van der Waals surface area contributed by atoms with Gasteiger partial charge >= 0.3 is 0 Å². The van der Waals surface area contributed by atoms with Gasteiger partial charge in [-0.3, -0.25) is 4.55 Å². The third kappa shape index (κ3) is 3.52. The van der Waals surface area contributed by atoms with E-state index in [0.717, 1.165) is 5.37 Å². The van der Waals surface area contributed by atoms with Crippen LogP contribution in [0.2, 0.25) is 0 Å². The topological polar surface area (TPSA) is 74.6 Å². The van der Waals surface area contributed by atoms with Crippen LogP contribution in [0.25, 0.3) is 0 Å². The Morgan fingerprint density at radius 1 is 1.67 bits per heavy atom. The molecule has 1 atom stereocenters. The molecule has 0 fully saturated rings. The second-order valence-corrected chi connectivity index (χ2v) is 3.28. The lowest BCUT2D eigenvalue weighted by Gasteiger charge is -2.00. The van der Waals surface area contributed by atoms with E-state index in [-0.39, 0.29) is 6.42 Å². The standard InChI is InChI=1S/C3H6O4S2/c4-3(1-2-8)9(5,6)7/h2-4H,1H2,(H,5,6,7). The van der Waals surface area contributed by atoms with E-state index in [1.54, 1.807) is 0 Å². The molecule has 0 spiro atoms.